The van der Waals surface area contributed by atoms with E-state index in [1.54, 1.807) is 0 Å². The molecule has 0 aromatic carbocycles. The largest absolute Gasteiger partial charge is 0.479 e. The number of hydrogen-bond acceptors (Lipinski definition) is 38. The zero-order valence-electron chi connectivity index (χ0n) is 43.6. The minimum absolute atomic E-state index is 0.756. The van der Waals surface area contributed by atoms with Crippen molar-refractivity contribution in [3.63, 3.8) is 0 Å². The van der Waals surface area contributed by atoms with Gasteiger partial charge in [0.05, 0.1) is 26.4 Å². The Balaban J connectivity index is 1.63. The number of carboxylic acids is 2. The molecule has 18 N–H and O–H groups in total. The lowest BCUT2D eigenvalue weighted by Crippen LogP contribution is -2.71. The minimum atomic E-state index is -6.36. The fraction of sp³-hybridized carbons (Fsp3) is 0.935. The lowest BCUT2D eigenvalue weighted by atomic mass is 9.94. The van der Waals surface area contributed by atoms with Gasteiger partial charge in [0.25, 0.3) is 0 Å². The predicted molar refractivity (Wildman–Crippen MR) is 261 cm³/mol. The van der Waals surface area contributed by atoms with Crippen molar-refractivity contribution in [2.45, 2.75) is 147 Å². The fourth-order valence-electron chi connectivity index (χ4n) is 9.01. The summed E-state index contributed by atoms with van der Waals surface area (Å²) in [4.78, 5) is 25.7. The lowest BCUT2D eigenvalue weighted by Gasteiger charge is -2.50. The summed E-state index contributed by atoms with van der Waals surface area (Å²) in [6, 6.07) is -8.12. The second-order valence-electron chi connectivity index (χ2n) is 18.6. The Morgan fingerprint density at radius 3 is 1.26 bits per heavy atom. The molecule has 0 saturated carbocycles. The van der Waals surface area contributed by atoms with Gasteiger partial charge in [-0.05, 0) is 0 Å². The van der Waals surface area contributed by atoms with Crippen molar-refractivity contribution >= 4 is 94.8 Å². The number of methoxy groups -OCH3 is 1. The maximum absolute atomic E-state index is 12.8. The highest BCUT2D eigenvalue weighted by atomic mass is 32.3. The van der Waals surface area contributed by atoms with Gasteiger partial charge in [0.1, 0.15) is 110 Å². The summed E-state index contributed by atoms with van der Waals surface area (Å²) >= 11 is 0. The van der Waals surface area contributed by atoms with Crippen LogP contribution in [0.25, 0.3) is 0 Å². The molecule has 24 atom stereocenters. The number of carboxylic acid groups (broad SMARTS) is 2. The van der Waals surface area contributed by atoms with Gasteiger partial charge in [-0.15, -0.1) is 0 Å². The summed E-state index contributed by atoms with van der Waals surface area (Å²) in [5.74, 6) is -4.75. The Morgan fingerprint density at radius 1 is 0.400 bits per heavy atom. The average molecular weight is 1490 g/mol. The number of ether oxygens (including phenoxy) is 10. The Hall–Kier alpha value is -2.70. The van der Waals surface area contributed by atoms with E-state index in [-0.39, 0.29) is 0 Å². The fourth-order valence-corrected chi connectivity index (χ4v) is 12.7. The molecule has 90 heavy (non-hydrogen) atoms. The third-order valence-corrected chi connectivity index (χ3v) is 16.3. The van der Waals surface area contributed by atoms with Crippen molar-refractivity contribution in [1.82, 2.24) is 14.2 Å². The number of aliphatic hydroxyl groups is 5. The van der Waals surface area contributed by atoms with Crippen molar-refractivity contribution in [2.24, 2.45) is 0 Å². The monoisotopic (exact) mass is 1490 g/mol. The van der Waals surface area contributed by atoms with Gasteiger partial charge in [-0.1, -0.05) is 0 Å². The minimum Gasteiger partial charge on any atom is -0.479 e. The summed E-state index contributed by atoms with van der Waals surface area (Å²) in [6.07, 6.45) is -59.0. The quantitative estimate of drug-likeness (QED) is 0.0297. The Morgan fingerprint density at radius 2 is 0.800 bits per heavy atom. The van der Waals surface area contributed by atoms with Crippen molar-refractivity contribution in [1.29, 1.82) is 0 Å². The summed E-state index contributed by atoms with van der Waals surface area (Å²) < 4.78 is 349. The van der Waals surface area contributed by atoms with Gasteiger partial charge in [0.15, 0.2) is 37.4 Å². The standard InChI is InChI=1S/C31H53N3O48S8/c1-68-28-11(33-84(47,48)49)15(37)18(8(75-28)4-71-87(56,57)58)73-7-2-69-24(26(40)41)23(20(7)81-89(62,63)64)79-30-12(34-85(50,51)52)21(82-90(65,66)67)19(9(76-30)5-72-88(59,60)61)77-31-17(39)16(38)22(25(80-31)27(42)43)78-29-10(32-83(44,45)46)14(36)13(35)6(74-29)3-70-86(53,54)55/h6-25,28-39H,2-5H2,1H3,(H,40,41)(H,42,43)(H,44,45,46)(H,47,48,49)(H,50,51,52)(H,53,54,55)(H,56,57,58)(H,59,60,61)(H,62,63,64)(H,65,66,67)/t6-,7-,8-,9-,10-,11-,12-,13-,14-,15-,16-,17-,18?,19?,20-,21-,22+,23?,24-,25+,28+,29-,30-,31-/m1/s1. The van der Waals surface area contributed by atoms with Gasteiger partial charge in [-0.3, -0.25) is 36.4 Å². The summed E-state index contributed by atoms with van der Waals surface area (Å²) in [6.45, 7) is -6.47. The van der Waals surface area contributed by atoms with Crippen LogP contribution in [0.3, 0.4) is 0 Å². The van der Waals surface area contributed by atoms with Crippen LogP contribution in [0.15, 0.2) is 0 Å². The van der Waals surface area contributed by atoms with Crippen molar-refractivity contribution in [3.05, 3.63) is 0 Å². The maximum Gasteiger partial charge on any atom is 0.397 e. The number of aliphatic carboxylic acids is 2. The van der Waals surface area contributed by atoms with Crippen LogP contribution in [0.1, 0.15) is 0 Å². The molecular weight excluding hydrogens is 1440 g/mol. The van der Waals surface area contributed by atoms with Gasteiger partial charge < -0.3 is 83.1 Å². The van der Waals surface area contributed by atoms with Crippen LogP contribution in [0.2, 0.25) is 0 Å². The first-order valence-corrected chi connectivity index (χ1v) is 34.6. The molecule has 5 rings (SSSR count). The van der Waals surface area contributed by atoms with Crippen LogP contribution in [0.4, 0.5) is 0 Å². The summed E-state index contributed by atoms with van der Waals surface area (Å²) in [5.41, 5.74) is 0. The molecule has 0 radical (unpaired) electrons. The molecule has 5 heterocycles. The first-order chi connectivity index (χ1) is 40.8. The number of hydrogen-bond donors (Lipinski definition) is 18. The van der Waals surface area contributed by atoms with Gasteiger partial charge >= 0.3 is 94.8 Å². The third kappa shape index (κ3) is 22.7. The highest BCUT2D eigenvalue weighted by Crippen LogP contribution is 2.38. The molecule has 3 unspecified atom stereocenters. The van der Waals surface area contributed by atoms with E-state index >= 15 is 0 Å². The third-order valence-electron chi connectivity index (χ3n) is 12.4. The molecule has 5 saturated heterocycles. The van der Waals surface area contributed by atoms with Crippen LogP contribution in [-0.4, -0.2) is 332 Å². The molecule has 5 aliphatic rings. The molecule has 0 aromatic rings. The van der Waals surface area contributed by atoms with Crippen LogP contribution < -0.4 is 14.2 Å². The number of rotatable bonds is 30. The van der Waals surface area contributed by atoms with Crippen LogP contribution in [-0.2, 0) is 161 Å². The number of carbonyl (C=O) groups is 2. The van der Waals surface area contributed by atoms with E-state index in [0.29, 0.717) is 0 Å². The SMILES string of the molecule is CO[C@H]1O[C@H](COS(=O)(=O)O)C(O[C@@H]2CO[C@@H](C(=O)O)C(O[C@H]3O[C@H](COS(=O)(=O)O)C(O[C@@H]4O[C@H](C(=O)O)[C@@H](O[C@H]5O[C@H](COS(=O)(=O)O)[C@@H](O)[C@H](O)[C@H]5NS(=O)(=O)O)[C@H](O)[C@H]4O)[C@H](OS(=O)(=O)O)[C@H]3NS(=O)(=O)O)[C@@H]2OS(=O)(=O)O)[C@H](O)[C@H]1NS(=O)(=O)O. The van der Waals surface area contributed by atoms with Crippen LogP contribution >= 0.6 is 0 Å². The highest BCUT2D eigenvalue weighted by Gasteiger charge is 2.60. The van der Waals surface area contributed by atoms with E-state index in [9.17, 15) is 145 Å². The molecule has 0 amide bonds. The normalized spacial score (nSPS) is 38.1. The van der Waals surface area contributed by atoms with Gasteiger partial charge in [-0.25, -0.2) is 30.5 Å². The van der Waals surface area contributed by atoms with Crippen LogP contribution in [0, 0.1) is 0 Å². The molecule has 51 nitrogen and oxygen atoms in total. The zero-order valence-corrected chi connectivity index (χ0v) is 50.2. The molecule has 0 aromatic heterocycles. The molecule has 5 fully saturated rings. The topological polar surface area (TPSA) is 785 Å². The summed E-state index contributed by atoms with van der Waals surface area (Å²) in [7, 11) is -45.8. The van der Waals surface area contributed by atoms with Crippen molar-refractivity contribution in [3.8, 4) is 0 Å². The van der Waals surface area contributed by atoms with Crippen LogP contribution in [0.5, 0.6) is 0 Å². The molecule has 5 aliphatic heterocycles. The molecule has 59 heteroatoms. The van der Waals surface area contributed by atoms with Gasteiger partial charge in [0.2, 0.25) is 0 Å². The molecular formula is C31H53N3O48S8. The second kappa shape index (κ2) is 29.7. The van der Waals surface area contributed by atoms with E-state index < -0.39 is 268 Å². The van der Waals surface area contributed by atoms with Crippen molar-refractivity contribution < 1.29 is 217 Å². The van der Waals surface area contributed by atoms with Gasteiger partial charge in [0, 0.05) is 7.11 Å². The van der Waals surface area contributed by atoms with E-state index in [1.807, 2.05) is 0 Å². The molecule has 528 valence electrons. The molecule has 0 aliphatic carbocycles. The molecule has 0 spiro atoms. The number of aliphatic hydroxyl groups excluding tert-OH is 5. The lowest BCUT2D eigenvalue weighted by molar-refractivity contribution is -0.365. The highest BCUT2D eigenvalue weighted by molar-refractivity contribution is 7.84. The summed E-state index contributed by atoms with van der Waals surface area (Å²) in [5, 5.41) is 76.1. The van der Waals surface area contributed by atoms with E-state index in [2.05, 4.69) is 20.9 Å². The van der Waals surface area contributed by atoms with Gasteiger partial charge in [-0.2, -0.15) is 81.5 Å². The smallest absolute Gasteiger partial charge is 0.397 e. The van der Waals surface area contributed by atoms with E-state index in [1.165, 1.54) is 9.44 Å². The maximum atomic E-state index is 12.8. The van der Waals surface area contributed by atoms with E-state index in [0.717, 1.165) is 11.8 Å². The first-order valence-electron chi connectivity index (χ1n) is 23.4. The average Bonchev–Trinajstić information content (AvgIpc) is 0.772. The zero-order chi connectivity index (χ0) is 68.6. The van der Waals surface area contributed by atoms with Crippen molar-refractivity contribution in [2.75, 3.05) is 33.5 Å². The first kappa shape index (κ1) is 78.0. The Kier molecular flexibility index (Phi) is 25.8. The second-order valence-corrected chi connectivity index (χ2v) is 27.5. The Labute approximate surface area is 504 Å². The number of nitrogens with one attached hydrogen (secondary N) is 3. The molecule has 0 bridgehead atoms. The predicted octanol–water partition coefficient (Wildman–Crippen LogP) is -13.1. The van der Waals surface area contributed by atoms with E-state index in [4.69, 9.17) is 51.9 Å². The Bertz CT molecular complexity index is 3450.